The summed E-state index contributed by atoms with van der Waals surface area (Å²) in [5, 5.41) is 0.578. The highest BCUT2D eigenvalue weighted by Gasteiger charge is 2.38. The summed E-state index contributed by atoms with van der Waals surface area (Å²) < 4.78 is 26.4. The van der Waals surface area contributed by atoms with E-state index in [0.717, 1.165) is 0 Å². The third-order valence-electron chi connectivity index (χ3n) is 5.17. The predicted molar refractivity (Wildman–Crippen MR) is 126 cm³/mol. The maximum Gasteiger partial charge on any atom is 0.341 e. The van der Waals surface area contributed by atoms with Crippen LogP contribution in [0.2, 0.25) is 0 Å². The lowest BCUT2D eigenvalue weighted by atomic mass is 9.90. The smallest absolute Gasteiger partial charge is 0.341 e. The van der Waals surface area contributed by atoms with Gasteiger partial charge < -0.3 is 28.7 Å². The van der Waals surface area contributed by atoms with Crippen molar-refractivity contribution >= 4 is 45.7 Å². The van der Waals surface area contributed by atoms with Gasteiger partial charge in [-0.15, -0.1) is 0 Å². The Balaban J connectivity index is 2.70. The number of methoxy groups -OCH3 is 1. The first-order chi connectivity index (χ1) is 16.9. The number of esters is 4. The number of benzene rings is 2. The van der Waals surface area contributed by atoms with Crippen LogP contribution in [0.15, 0.2) is 18.2 Å². The number of carbonyl (C=O) groups excluding carboxylic acids is 4. The van der Waals surface area contributed by atoms with Crippen LogP contribution in [-0.4, -0.2) is 62.4 Å². The van der Waals surface area contributed by atoms with Crippen molar-refractivity contribution < 1.29 is 42.9 Å². The summed E-state index contributed by atoms with van der Waals surface area (Å²) in [6, 6.07) is 5.08. The van der Waals surface area contributed by atoms with Gasteiger partial charge in [0.2, 0.25) is 0 Å². The Kier molecular flexibility index (Phi) is 7.95. The molecule has 0 spiro atoms. The normalized spacial score (nSPS) is 10.8. The van der Waals surface area contributed by atoms with Crippen molar-refractivity contribution in [2.45, 2.75) is 27.7 Å². The Bertz CT molecular complexity index is 1310. The van der Waals surface area contributed by atoms with Crippen molar-refractivity contribution in [3.8, 4) is 5.75 Å². The van der Waals surface area contributed by atoms with Crippen molar-refractivity contribution in [1.82, 2.24) is 4.98 Å². The van der Waals surface area contributed by atoms with Crippen molar-refractivity contribution in [2.24, 2.45) is 0 Å². The van der Waals surface area contributed by atoms with E-state index >= 15 is 0 Å². The Morgan fingerprint density at radius 3 is 1.60 bits per heavy atom. The lowest BCUT2D eigenvalue weighted by molar-refractivity contribution is 0.0446. The average Bonchev–Trinajstić information content (AvgIpc) is 3.22. The summed E-state index contributed by atoms with van der Waals surface area (Å²) in [6.07, 6.45) is 0. The molecule has 0 amide bonds. The van der Waals surface area contributed by atoms with Crippen molar-refractivity contribution in [3.63, 3.8) is 0 Å². The second-order valence-electron chi connectivity index (χ2n) is 7.14. The zero-order valence-corrected chi connectivity index (χ0v) is 20.2. The van der Waals surface area contributed by atoms with Crippen molar-refractivity contribution in [3.05, 3.63) is 40.5 Å². The molecule has 1 aromatic heterocycles. The third kappa shape index (κ3) is 4.51. The van der Waals surface area contributed by atoms with E-state index in [1.807, 2.05) is 0 Å². The zero-order chi connectivity index (χ0) is 25.7. The lowest BCUT2D eigenvalue weighted by Crippen LogP contribution is -2.24. The van der Waals surface area contributed by atoms with Gasteiger partial charge in [0.1, 0.15) is 5.75 Å². The number of hydrogen-bond donors (Lipinski definition) is 1. The molecule has 0 aliphatic heterocycles. The molecule has 0 saturated heterocycles. The summed E-state index contributed by atoms with van der Waals surface area (Å²) >= 11 is 0. The highest BCUT2D eigenvalue weighted by atomic mass is 16.5. The number of nitrogens with one attached hydrogen (secondary N) is 1. The van der Waals surface area contributed by atoms with Gasteiger partial charge in [-0.25, -0.2) is 19.2 Å². The molecule has 3 rings (SSSR count). The summed E-state index contributed by atoms with van der Waals surface area (Å²) in [4.78, 5) is 56.1. The number of carbonyl (C=O) groups is 4. The van der Waals surface area contributed by atoms with Gasteiger partial charge in [0.15, 0.2) is 0 Å². The van der Waals surface area contributed by atoms with E-state index in [1.165, 1.54) is 7.11 Å². The summed E-state index contributed by atoms with van der Waals surface area (Å²) in [6.45, 7) is 6.26. The Hall–Kier alpha value is -4.08. The molecular formula is C25H27NO9. The van der Waals surface area contributed by atoms with E-state index < -0.39 is 35.0 Å². The SMILES string of the molecule is CCOC(=O)c1c(C(=O)OCC)c(C(=O)OCC)c2c([nH]c3cccc(OC)c32)c1C(=O)OCC. The van der Waals surface area contributed by atoms with Crippen molar-refractivity contribution in [1.29, 1.82) is 0 Å². The number of hydrogen-bond acceptors (Lipinski definition) is 9. The number of H-pyrrole nitrogens is 1. The minimum absolute atomic E-state index is 0.000505. The zero-order valence-electron chi connectivity index (χ0n) is 20.2. The molecule has 3 aromatic rings. The molecule has 0 unspecified atom stereocenters. The molecule has 10 heteroatoms. The van der Waals surface area contributed by atoms with E-state index in [1.54, 1.807) is 45.9 Å². The van der Waals surface area contributed by atoms with Gasteiger partial charge in [0.25, 0.3) is 0 Å². The van der Waals surface area contributed by atoms with Crippen LogP contribution in [0.25, 0.3) is 21.8 Å². The highest BCUT2D eigenvalue weighted by Crippen LogP contribution is 2.41. The Morgan fingerprint density at radius 2 is 1.11 bits per heavy atom. The first-order valence-corrected chi connectivity index (χ1v) is 11.2. The molecule has 0 atom stereocenters. The summed E-state index contributed by atoms with van der Waals surface area (Å²) in [5.74, 6) is -3.37. The first kappa shape index (κ1) is 25.5. The second kappa shape index (κ2) is 10.9. The molecule has 0 radical (unpaired) electrons. The van der Waals surface area contributed by atoms with Crippen LogP contribution in [0.3, 0.4) is 0 Å². The van der Waals surface area contributed by atoms with Gasteiger partial charge >= 0.3 is 23.9 Å². The summed E-state index contributed by atoms with van der Waals surface area (Å²) in [5.41, 5.74) is -0.786. The number of fused-ring (bicyclic) bond motifs is 3. The molecule has 1 N–H and O–H groups in total. The van der Waals surface area contributed by atoms with Crippen LogP contribution < -0.4 is 4.74 Å². The second-order valence-corrected chi connectivity index (χ2v) is 7.14. The van der Waals surface area contributed by atoms with E-state index in [4.69, 9.17) is 23.7 Å². The fourth-order valence-corrected chi connectivity index (χ4v) is 3.95. The standard InChI is InChI=1S/C25H27NO9/c1-6-32-22(27)17-16-15-13(11-10-12-14(15)31-5)26-21(16)20(25(30)35-9-4)19(24(29)34-8-3)18(17)23(28)33-7-2/h10-12,26H,6-9H2,1-5H3. The number of rotatable bonds is 9. The van der Waals surface area contributed by atoms with Crippen LogP contribution in [0, 0.1) is 0 Å². The largest absolute Gasteiger partial charge is 0.496 e. The predicted octanol–water partition coefficient (Wildman–Crippen LogP) is 4.04. The van der Waals surface area contributed by atoms with Crippen LogP contribution in [0.5, 0.6) is 5.75 Å². The Labute approximate surface area is 201 Å². The third-order valence-corrected chi connectivity index (χ3v) is 5.17. The molecule has 10 nitrogen and oxygen atoms in total. The molecule has 0 aliphatic rings. The average molecular weight is 485 g/mol. The van der Waals surface area contributed by atoms with Gasteiger partial charge in [-0.1, -0.05) is 6.07 Å². The van der Waals surface area contributed by atoms with Gasteiger partial charge in [-0.3, -0.25) is 0 Å². The molecule has 186 valence electrons. The van der Waals surface area contributed by atoms with Crippen LogP contribution in [0.1, 0.15) is 69.1 Å². The van der Waals surface area contributed by atoms with Gasteiger partial charge in [0, 0.05) is 5.39 Å². The molecule has 1 heterocycles. The quantitative estimate of drug-likeness (QED) is 0.352. The minimum Gasteiger partial charge on any atom is -0.496 e. The maximum absolute atomic E-state index is 13.3. The van der Waals surface area contributed by atoms with E-state index in [2.05, 4.69) is 4.98 Å². The van der Waals surface area contributed by atoms with E-state index in [0.29, 0.717) is 16.7 Å². The van der Waals surface area contributed by atoms with Crippen LogP contribution >= 0.6 is 0 Å². The van der Waals surface area contributed by atoms with E-state index in [-0.39, 0.29) is 48.5 Å². The van der Waals surface area contributed by atoms with Gasteiger partial charge in [0.05, 0.1) is 72.2 Å². The number of aromatic amines is 1. The van der Waals surface area contributed by atoms with Gasteiger partial charge in [-0.2, -0.15) is 0 Å². The minimum atomic E-state index is -0.990. The molecular weight excluding hydrogens is 458 g/mol. The fourth-order valence-electron chi connectivity index (χ4n) is 3.95. The number of ether oxygens (including phenoxy) is 5. The van der Waals surface area contributed by atoms with Gasteiger partial charge in [-0.05, 0) is 39.8 Å². The molecule has 0 saturated carbocycles. The molecule has 0 fully saturated rings. The molecule has 0 aliphatic carbocycles. The Morgan fingerprint density at radius 1 is 0.657 bits per heavy atom. The van der Waals surface area contributed by atoms with E-state index in [9.17, 15) is 19.2 Å². The molecule has 0 bridgehead atoms. The molecule has 35 heavy (non-hydrogen) atoms. The van der Waals surface area contributed by atoms with Crippen LogP contribution in [0.4, 0.5) is 0 Å². The maximum atomic E-state index is 13.3. The number of aromatic nitrogens is 1. The van der Waals surface area contributed by atoms with Crippen LogP contribution in [-0.2, 0) is 18.9 Å². The lowest BCUT2D eigenvalue weighted by Gasteiger charge is -2.18. The highest BCUT2D eigenvalue weighted by molar-refractivity contribution is 6.29. The topological polar surface area (TPSA) is 130 Å². The fraction of sp³-hybridized carbons (Fsp3) is 0.360. The summed E-state index contributed by atoms with van der Waals surface area (Å²) in [7, 11) is 1.45. The monoisotopic (exact) mass is 485 g/mol. The molecule has 2 aromatic carbocycles. The van der Waals surface area contributed by atoms with Crippen molar-refractivity contribution in [2.75, 3.05) is 33.5 Å². The first-order valence-electron chi connectivity index (χ1n) is 11.2.